The highest BCUT2D eigenvalue weighted by molar-refractivity contribution is 5.96. The number of nitrogens with zero attached hydrogens (tertiary/aromatic N) is 3. The number of H-pyrrole nitrogens is 1. The number of aryl methyl sites for hydroxylation is 1. The van der Waals surface area contributed by atoms with Crippen LogP contribution in [0, 0.1) is 5.82 Å². The Balaban J connectivity index is 1.75. The first-order chi connectivity index (χ1) is 14.0. The van der Waals surface area contributed by atoms with Crippen LogP contribution in [0.3, 0.4) is 0 Å². The van der Waals surface area contributed by atoms with Crippen molar-refractivity contribution in [1.82, 2.24) is 19.7 Å². The van der Waals surface area contributed by atoms with Crippen molar-refractivity contribution in [2.75, 3.05) is 5.32 Å². The number of rotatable bonds is 2. The number of anilines is 1. The van der Waals surface area contributed by atoms with Crippen LogP contribution in [0.2, 0.25) is 0 Å². The molecule has 0 saturated heterocycles. The molecular weight excluding hydrogens is 373 g/mol. The number of aromatic nitrogens is 4. The number of hydrogen-bond donors (Lipinski definition) is 2. The molecule has 0 bridgehead atoms. The molecule has 5 rings (SSSR count). The number of pyridine rings is 2. The highest BCUT2D eigenvalue weighted by Crippen LogP contribution is 2.41. The van der Waals surface area contributed by atoms with Gasteiger partial charge in [0.05, 0.1) is 11.2 Å². The predicted molar refractivity (Wildman–Crippen MR) is 106 cm³/mol. The van der Waals surface area contributed by atoms with Gasteiger partial charge in [0.15, 0.2) is 0 Å². The molecule has 2 N–H and O–H groups in total. The second-order valence-electron chi connectivity index (χ2n) is 7.04. The van der Waals surface area contributed by atoms with Gasteiger partial charge in [-0.3, -0.25) is 19.3 Å². The molecular formula is C21H16FN5O2. The molecule has 7 nitrogen and oxygen atoms in total. The van der Waals surface area contributed by atoms with Gasteiger partial charge in [-0.25, -0.2) is 4.39 Å². The van der Waals surface area contributed by atoms with E-state index < -0.39 is 11.7 Å². The number of carbonyl (C=O) groups is 1. The van der Waals surface area contributed by atoms with Crippen LogP contribution in [-0.4, -0.2) is 25.7 Å². The van der Waals surface area contributed by atoms with E-state index in [9.17, 15) is 14.0 Å². The Morgan fingerprint density at radius 1 is 1.17 bits per heavy atom. The lowest BCUT2D eigenvalue weighted by molar-refractivity contribution is -0.116. The number of amides is 1. The summed E-state index contributed by atoms with van der Waals surface area (Å²) in [5, 5.41) is 8.10. The minimum atomic E-state index is -0.498. The van der Waals surface area contributed by atoms with E-state index in [0.29, 0.717) is 33.7 Å². The zero-order valence-corrected chi connectivity index (χ0v) is 15.4. The molecule has 4 aromatic rings. The maximum atomic E-state index is 13.5. The average molecular weight is 389 g/mol. The van der Waals surface area contributed by atoms with Gasteiger partial charge in [0, 0.05) is 36.7 Å². The fraction of sp³-hybridized carbons (Fsp3) is 0.143. The fourth-order valence-electron chi connectivity index (χ4n) is 3.90. The zero-order valence-electron chi connectivity index (χ0n) is 15.4. The molecule has 0 unspecified atom stereocenters. The van der Waals surface area contributed by atoms with Crippen molar-refractivity contribution < 1.29 is 9.18 Å². The smallest absolute Gasteiger partial charge is 0.252 e. The molecule has 1 atom stereocenters. The van der Waals surface area contributed by atoms with Gasteiger partial charge in [-0.15, -0.1) is 0 Å². The molecule has 0 radical (unpaired) electrons. The van der Waals surface area contributed by atoms with Crippen molar-refractivity contribution in [3.63, 3.8) is 0 Å². The van der Waals surface area contributed by atoms with Gasteiger partial charge >= 0.3 is 0 Å². The lowest BCUT2D eigenvalue weighted by atomic mass is 9.85. The van der Waals surface area contributed by atoms with Crippen LogP contribution >= 0.6 is 0 Å². The first kappa shape index (κ1) is 17.3. The summed E-state index contributed by atoms with van der Waals surface area (Å²) in [6.45, 7) is 0. The quantitative estimate of drug-likeness (QED) is 0.551. The van der Waals surface area contributed by atoms with E-state index in [-0.39, 0.29) is 17.9 Å². The minimum Gasteiger partial charge on any atom is -0.322 e. The summed E-state index contributed by atoms with van der Waals surface area (Å²) in [6.07, 6.45) is 1.78. The molecule has 0 fully saturated rings. The molecule has 4 heterocycles. The average Bonchev–Trinajstić information content (AvgIpc) is 3.04. The van der Waals surface area contributed by atoms with Crippen LogP contribution in [0.1, 0.15) is 23.5 Å². The van der Waals surface area contributed by atoms with Gasteiger partial charge in [-0.1, -0.05) is 6.07 Å². The summed E-state index contributed by atoms with van der Waals surface area (Å²) in [4.78, 5) is 32.4. The van der Waals surface area contributed by atoms with Crippen LogP contribution in [0.4, 0.5) is 10.2 Å². The largest absolute Gasteiger partial charge is 0.322 e. The van der Waals surface area contributed by atoms with Crippen molar-refractivity contribution >= 4 is 22.6 Å². The van der Waals surface area contributed by atoms with E-state index in [1.165, 1.54) is 12.1 Å². The number of halogens is 1. The summed E-state index contributed by atoms with van der Waals surface area (Å²) in [7, 11) is 1.74. The number of hydrogen-bond acceptors (Lipinski definition) is 4. The van der Waals surface area contributed by atoms with Crippen LogP contribution in [0.15, 0.2) is 53.5 Å². The lowest BCUT2D eigenvalue weighted by Gasteiger charge is -2.24. The maximum Gasteiger partial charge on any atom is 0.252 e. The second kappa shape index (κ2) is 6.37. The maximum absolute atomic E-state index is 13.5. The number of benzene rings is 1. The molecule has 3 aromatic heterocycles. The molecule has 144 valence electrons. The minimum absolute atomic E-state index is 0.105. The monoisotopic (exact) mass is 389 g/mol. The lowest BCUT2D eigenvalue weighted by Crippen LogP contribution is -2.28. The van der Waals surface area contributed by atoms with E-state index in [1.54, 1.807) is 30.1 Å². The summed E-state index contributed by atoms with van der Waals surface area (Å²) in [5.74, 6) is -0.574. The summed E-state index contributed by atoms with van der Waals surface area (Å²) in [5.41, 5.74) is 2.51. The fourth-order valence-corrected chi connectivity index (χ4v) is 3.90. The van der Waals surface area contributed by atoms with Gasteiger partial charge in [0.25, 0.3) is 5.56 Å². The standard InChI is InChI=1S/C21H16FN5O2/c1-27-20-18(19(26-27)15-4-2-3-7-23-15)13(10-17(28)25-20)14-8-11-5-6-12(22)9-16(11)24-21(14)29/h2-9,13H,10H2,1H3,(H,24,29)(H,25,28)/t13-/m0/s1. The molecule has 1 aromatic carbocycles. The highest BCUT2D eigenvalue weighted by Gasteiger charge is 2.35. The van der Waals surface area contributed by atoms with Crippen molar-refractivity contribution in [3.8, 4) is 11.4 Å². The van der Waals surface area contributed by atoms with Gasteiger partial charge < -0.3 is 10.3 Å². The van der Waals surface area contributed by atoms with E-state index in [2.05, 4.69) is 20.4 Å². The molecule has 0 saturated carbocycles. The Bertz CT molecular complexity index is 1330. The van der Waals surface area contributed by atoms with Crippen molar-refractivity contribution in [1.29, 1.82) is 0 Å². The summed E-state index contributed by atoms with van der Waals surface area (Å²) >= 11 is 0. The Kier molecular flexibility index (Phi) is 3.80. The molecule has 0 aliphatic carbocycles. The van der Waals surface area contributed by atoms with Crippen LogP contribution in [0.5, 0.6) is 0 Å². The predicted octanol–water partition coefficient (Wildman–Crippen LogP) is 2.94. The van der Waals surface area contributed by atoms with Gasteiger partial charge in [-0.2, -0.15) is 5.10 Å². The first-order valence-electron chi connectivity index (χ1n) is 9.12. The topological polar surface area (TPSA) is 92.7 Å². The zero-order chi connectivity index (χ0) is 20.1. The van der Waals surface area contributed by atoms with Crippen molar-refractivity contribution in [3.05, 3.63) is 76.0 Å². The van der Waals surface area contributed by atoms with Crippen LogP contribution in [-0.2, 0) is 11.8 Å². The van der Waals surface area contributed by atoms with Crippen molar-refractivity contribution in [2.45, 2.75) is 12.3 Å². The molecule has 8 heteroatoms. The number of fused-ring (bicyclic) bond motifs is 2. The van der Waals surface area contributed by atoms with E-state index in [1.807, 2.05) is 18.2 Å². The number of nitrogens with one attached hydrogen (secondary N) is 2. The van der Waals surface area contributed by atoms with Gasteiger partial charge in [-0.05, 0) is 41.8 Å². The number of carbonyl (C=O) groups excluding carboxylic acids is 1. The normalized spacial score (nSPS) is 15.9. The molecule has 1 aliphatic rings. The summed E-state index contributed by atoms with van der Waals surface area (Å²) < 4.78 is 15.1. The van der Waals surface area contributed by atoms with Gasteiger partial charge in [0.1, 0.15) is 17.3 Å². The molecule has 29 heavy (non-hydrogen) atoms. The summed E-state index contributed by atoms with van der Waals surface area (Å²) in [6, 6.07) is 11.5. The third kappa shape index (κ3) is 2.80. The van der Waals surface area contributed by atoms with E-state index >= 15 is 0 Å². The molecule has 0 spiro atoms. The Labute approximate surface area is 164 Å². The van der Waals surface area contributed by atoms with Gasteiger partial charge in [0.2, 0.25) is 5.91 Å². The first-order valence-corrected chi connectivity index (χ1v) is 9.12. The SMILES string of the molecule is Cn1nc(-c2ccccn2)c2c1NC(=O)C[C@H]2c1cc2ccc(F)cc2[nH]c1=O. The van der Waals surface area contributed by atoms with Crippen LogP contribution < -0.4 is 10.9 Å². The van der Waals surface area contributed by atoms with Crippen molar-refractivity contribution in [2.24, 2.45) is 7.05 Å². The van der Waals surface area contributed by atoms with E-state index in [4.69, 9.17) is 0 Å². The Morgan fingerprint density at radius 3 is 2.83 bits per heavy atom. The third-order valence-electron chi connectivity index (χ3n) is 5.20. The molecule has 1 amide bonds. The van der Waals surface area contributed by atoms with E-state index in [0.717, 1.165) is 5.56 Å². The second-order valence-corrected chi connectivity index (χ2v) is 7.04. The third-order valence-corrected chi connectivity index (χ3v) is 5.20. The Hall–Kier alpha value is -3.81. The highest BCUT2D eigenvalue weighted by atomic mass is 19.1. The Morgan fingerprint density at radius 2 is 2.03 bits per heavy atom. The number of aromatic amines is 1. The molecule has 1 aliphatic heterocycles. The van der Waals surface area contributed by atoms with Crippen LogP contribution in [0.25, 0.3) is 22.3 Å².